The third kappa shape index (κ3) is 6.17. The maximum atomic E-state index is 14.1. The molecule has 1 fully saturated rings. The number of aliphatic hydroxyl groups excluding tert-OH is 1. The average Bonchev–Trinajstić information content (AvgIpc) is 3.57. The van der Waals surface area contributed by atoms with Crippen molar-refractivity contribution in [3.8, 4) is 11.5 Å². The van der Waals surface area contributed by atoms with Gasteiger partial charge in [-0.25, -0.2) is 4.39 Å². The summed E-state index contributed by atoms with van der Waals surface area (Å²) in [4.78, 5) is 28.3. The second-order valence-electron chi connectivity index (χ2n) is 9.28. The first kappa shape index (κ1) is 29.3. The van der Waals surface area contributed by atoms with Crippen LogP contribution in [-0.2, 0) is 15.3 Å². The van der Waals surface area contributed by atoms with Crippen LogP contribution in [0.25, 0.3) is 5.76 Å². The van der Waals surface area contributed by atoms with Crippen LogP contribution in [0.15, 0.2) is 82.7 Å². The number of aromatic nitrogens is 2. The van der Waals surface area contributed by atoms with E-state index in [2.05, 4.69) is 10.2 Å². The van der Waals surface area contributed by atoms with Crippen LogP contribution in [0.2, 0.25) is 0 Å². The van der Waals surface area contributed by atoms with Crippen molar-refractivity contribution in [3.05, 3.63) is 101 Å². The van der Waals surface area contributed by atoms with Crippen LogP contribution in [0.5, 0.6) is 11.5 Å². The molecule has 11 heteroatoms. The third-order valence-corrected chi connectivity index (χ3v) is 8.55. The highest BCUT2D eigenvalue weighted by Crippen LogP contribution is 2.44. The molecule has 0 bridgehead atoms. The molecule has 1 N–H and O–H groups in total. The fourth-order valence-corrected chi connectivity index (χ4v) is 6.34. The monoisotopic (exact) mass is 605 g/mol. The summed E-state index contributed by atoms with van der Waals surface area (Å²) in [5.41, 5.74) is 1.36. The molecule has 42 heavy (non-hydrogen) atoms. The van der Waals surface area contributed by atoms with Crippen molar-refractivity contribution in [2.75, 3.05) is 18.1 Å². The van der Waals surface area contributed by atoms with E-state index in [1.165, 1.54) is 22.7 Å². The maximum Gasteiger partial charge on any atom is 0.301 e. The van der Waals surface area contributed by atoms with E-state index in [-0.39, 0.29) is 22.3 Å². The fraction of sp³-hybridized carbons (Fsp3) is 0.226. The molecule has 0 aliphatic carbocycles. The van der Waals surface area contributed by atoms with Gasteiger partial charge in [0.25, 0.3) is 5.78 Å². The molecule has 0 saturated carbocycles. The Balaban J connectivity index is 1.54. The van der Waals surface area contributed by atoms with E-state index < -0.39 is 17.7 Å². The van der Waals surface area contributed by atoms with E-state index in [0.29, 0.717) is 51.5 Å². The molecule has 1 amide bonds. The molecule has 4 aromatic rings. The fourth-order valence-electron chi connectivity index (χ4n) is 4.48. The summed E-state index contributed by atoms with van der Waals surface area (Å²) < 4.78 is 25.9. The molecule has 8 nitrogen and oxygen atoms in total. The molecule has 216 valence electrons. The van der Waals surface area contributed by atoms with Crippen LogP contribution in [0.4, 0.5) is 9.52 Å². The van der Waals surface area contributed by atoms with Crippen molar-refractivity contribution in [2.24, 2.45) is 0 Å². The number of thioether (sulfide) groups is 1. The Bertz CT molecular complexity index is 1620. The minimum Gasteiger partial charge on any atom is -0.507 e. The lowest BCUT2D eigenvalue weighted by Gasteiger charge is -2.23. The minimum atomic E-state index is -0.987. The lowest BCUT2D eigenvalue weighted by Crippen LogP contribution is -2.29. The summed E-state index contributed by atoms with van der Waals surface area (Å²) in [6, 6.07) is 19.2. The largest absolute Gasteiger partial charge is 0.507 e. The highest BCUT2D eigenvalue weighted by Gasteiger charge is 2.48. The molecule has 1 aliphatic heterocycles. The smallest absolute Gasteiger partial charge is 0.301 e. The molecule has 1 aliphatic rings. The summed E-state index contributed by atoms with van der Waals surface area (Å²) in [5, 5.41) is 20.0. The van der Waals surface area contributed by atoms with Gasteiger partial charge in [-0.1, -0.05) is 60.4 Å². The van der Waals surface area contributed by atoms with Crippen molar-refractivity contribution in [1.29, 1.82) is 0 Å². The molecule has 2 heterocycles. The van der Waals surface area contributed by atoms with Gasteiger partial charge in [-0.15, -0.1) is 10.2 Å². The van der Waals surface area contributed by atoms with E-state index in [4.69, 9.17) is 9.47 Å². The van der Waals surface area contributed by atoms with Crippen LogP contribution in [0.3, 0.4) is 0 Å². The van der Waals surface area contributed by atoms with Crippen molar-refractivity contribution in [3.63, 3.8) is 0 Å². The van der Waals surface area contributed by atoms with Crippen LogP contribution in [0, 0.1) is 5.82 Å². The van der Waals surface area contributed by atoms with E-state index in [9.17, 15) is 19.1 Å². The number of aliphatic hydroxyl groups is 1. The van der Waals surface area contributed by atoms with Gasteiger partial charge in [0.15, 0.2) is 4.34 Å². The van der Waals surface area contributed by atoms with E-state index >= 15 is 0 Å². The van der Waals surface area contributed by atoms with Gasteiger partial charge in [0.1, 0.15) is 23.1 Å². The molecule has 5 rings (SSSR count). The lowest BCUT2D eigenvalue weighted by molar-refractivity contribution is -0.132. The first-order valence-electron chi connectivity index (χ1n) is 13.4. The Labute approximate surface area is 250 Å². The van der Waals surface area contributed by atoms with E-state index in [0.717, 1.165) is 17.8 Å². The zero-order chi connectivity index (χ0) is 29.6. The van der Waals surface area contributed by atoms with Crippen LogP contribution in [-0.4, -0.2) is 40.2 Å². The van der Waals surface area contributed by atoms with Gasteiger partial charge < -0.3 is 14.6 Å². The van der Waals surface area contributed by atoms with Gasteiger partial charge >= 0.3 is 5.91 Å². The molecule has 1 saturated heterocycles. The molecular formula is C31H28FN3O5S2. The Hall–Kier alpha value is -4.22. The molecule has 1 atom stereocenters. The Morgan fingerprint density at radius 3 is 2.52 bits per heavy atom. The van der Waals surface area contributed by atoms with E-state index in [1.54, 1.807) is 66.7 Å². The number of Topliss-reactive ketones (excluding diaryl/α,β-unsaturated/α-hetero) is 1. The van der Waals surface area contributed by atoms with Gasteiger partial charge in [-0.3, -0.25) is 14.5 Å². The number of ether oxygens (including phenoxy) is 2. The van der Waals surface area contributed by atoms with Crippen molar-refractivity contribution in [1.82, 2.24) is 10.2 Å². The van der Waals surface area contributed by atoms with Crippen molar-refractivity contribution < 1.29 is 28.6 Å². The number of amides is 1. The number of hydrogen-bond donors (Lipinski definition) is 1. The van der Waals surface area contributed by atoms with Crippen LogP contribution >= 0.6 is 23.1 Å². The topological polar surface area (TPSA) is 102 Å². The maximum absolute atomic E-state index is 14.1. The second kappa shape index (κ2) is 13.2. The Kier molecular flexibility index (Phi) is 9.19. The number of halogens is 1. The normalized spacial score (nSPS) is 16.2. The summed E-state index contributed by atoms with van der Waals surface area (Å²) in [7, 11) is 0. The molecular weight excluding hydrogens is 577 g/mol. The van der Waals surface area contributed by atoms with Gasteiger partial charge in [-0.2, -0.15) is 0 Å². The predicted molar refractivity (Wildman–Crippen MR) is 160 cm³/mol. The predicted octanol–water partition coefficient (Wildman–Crippen LogP) is 6.78. The second-order valence-corrected chi connectivity index (χ2v) is 11.5. The first-order chi connectivity index (χ1) is 20.4. The van der Waals surface area contributed by atoms with Gasteiger partial charge in [-0.05, 0) is 66.9 Å². The SMILES string of the molecule is CCCOc1cccc(C2/C(=C(\O)c3ccc(OCC)cc3)C(=O)C(=O)N2c2nnc(SCc3ccccc3F)s2)c1. The number of benzene rings is 3. The number of hydrogen-bond acceptors (Lipinski definition) is 9. The molecule has 0 spiro atoms. The number of anilines is 1. The van der Waals surface area contributed by atoms with Gasteiger partial charge in [0.05, 0.1) is 24.8 Å². The number of nitrogens with zero attached hydrogens (tertiary/aromatic N) is 3. The summed E-state index contributed by atoms with van der Waals surface area (Å²) in [6.07, 6.45) is 0.804. The number of ketones is 1. The minimum absolute atomic E-state index is 0.0763. The summed E-state index contributed by atoms with van der Waals surface area (Å²) >= 11 is 2.39. The highest BCUT2D eigenvalue weighted by atomic mass is 32.2. The summed E-state index contributed by atoms with van der Waals surface area (Å²) in [5.74, 6) is -0.822. The number of rotatable bonds is 11. The van der Waals surface area contributed by atoms with Crippen molar-refractivity contribution in [2.45, 2.75) is 36.4 Å². The summed E-state index contributed by atoms with van der Waals surface area (Å²) in [6.45, 7) is 4.84. The Morgan fingerprint density at radius 2 is 1.79 bits per heavy atom. The lowest BCUT2D eigenvalue weighted by atomic mass is 9.95. The first-order valence-corrected chi connectivity index (χ1v) is 15.2. The van der Waals surface area contributed by atoms with Gasteiger partial charge in [0.2, 0.25) is 5.13 Å². The van der Waals surface area contributed by atoms with Crippen LogP contribution < -0.4 is 14.4 Å². The Morgan fingerprint density at radius 1 is 1.00 bits per heavy atom. The highest BCUT2D eigenvalue weighted by molar-refractivity contribution is 8.00. The number of carbonyl (C=O) groups is 2. The standard InChI is InChI=1S/C31H28FN3O5S2/c1-3-16-40-23-10-7-9-20(17-23)26-25(27(36)19-12-14-22(15-13-19)39-4-2)28(37)29(38)35(26)30-33-34-31(42-30)41-18-21-8-5-6-11-24(21)32/h5-15,17,26,36H,3-4,16,18H2,1-2H3/b27-25+. The molecule has 0 radical (unpaired) electrons. The zero-order valence-electron chi connectivity index (χ0n) is 23.0. The van der Waals surface area contributed by atoms with Crippen molar-refractivity contribution >= 4 is 45.7 Å². The molecule has 1 aromatic heterocycles. The zero-order valence-corrected chi connectivity index (χ0v) is 24.6. The van der Waals surface area contributed by atoms with Crippen LogP contribution in [0.1, 0.15) is 43.0 Å². The van der Waals surface area contributed by atoms with E-state index in [1.807, 2.05) is 13.8 Å². The number of carbonyl (C=O) groups excluding carboxylic acids is 2. The average molecular weight is 606 g/mol. The quantitative estimate of drug-likeness (QED) is 0.0656. The molecule has 3 aromatic carbocycles. The molecule has 1 unspecified atom stereocenters. The van der Waals surface area contributed by atoms with Gasteiger partial charge in [0, 0.05) is 11.3 Å². The third-order valence-electron chi connectivity index (χ3n) is 6.44.